The summed E-state index contributed by atoms with van der Waals surface area (Å²) in [5, 5.41) is 18.3. The monoisotopic (exact) mass is 640 g/mol. The number of benzene rings is 4. The number of nitrogens with zero attached hydrogens (tertiary/aromatic N) is 1. The number of fused-ring (bicyclic) bond motifs is 1. The van der Waals surface area contributed by atoms with Crippen molar-refractivity contribution in [1.29, 1.82) is 0 Å². The number of β-amino-alcohol motifs (C(OH)–C–C–N with tert-alkyl or cyclic N) is 1. The number of aliphatic hydroxyl groups excluding tert-OH is 1. The molecule has 0 saturated carbocycles. The number of nitrogens with one attached hydrogen (secondary N) is 3. The molecule has 1 aromatic heterocycles. The fraction of sp³-hybridized carbons (Fsp3) is 0.250. The maximum Gasteiger partial charge on any atom is 0.261 e. The van der Waals surface area contributed by atoms with E-state index in [0.717, 1.165) is 29.4 Å². The number of rotatable bonds is 15. The van der Waals surface area contributed by atoms with E-state index in [4.69, 9.17) is 4.74 Å². The van der Waals surface area contributed by atoms with E-state index >= 15 is 0 Å². The lowest BCUT2D eigenvalue weighted by molar-refractivity contribution is -0.121. The smallest absolute Gasteiger partial charge is 0.261 e. The van der Waals surface area contributed by atoms with Crippen LogP contribution in [-0.2, 0) is 32.7 Å². The Morgan fingerprint density at radius 1 is 0.891 bits per heavy atom. The van der Waals surface area contributed by atoms with E-state index in [1.54, 1.807) is 42.5 Å². The first-order valence-electron chi connectivity index (χ1n) is 15.2. The highest BCUT2D eigenvalue weighted by Crippen LogP contribution is 2.24. The Labute approximate surface area is 270 Å². The molecule has 0 spiro atoms. The number of sulfonamides is 1. The molecule has 0 radical (unpaired) electrons. The van der Waals surface area contributed by atoms with Crippen molar-refractivity contribution in [3.8, 4) is 0 Å². The van der Waals surface area contributed by atoms with Crippen LogP contribution in [0.5, 0.6) is 0 Å². The number of anilines is 2. The van der Waals surface area contributed by atoms with Gasteiger partial charge in [-0.05, 0) is 79.9 Å². The van der Waals surface area contributed by atoms with Gasteiger partial charge in [0, 0.05) is 47.1 Å². The van der Waals surface area contributed by atoms with E-state index in [1.807, 2.05) is 60.8 Å². The van der Waals surface area contributed by atoms with Gasteiger partial charge in [-0.15, -0.1) is 0 Å². The van der Waals surface area contributed by atoms with Crippen LogP contribution in [0, 0.1) is 0 Å². The number of carbonyl (C=O) groups excluding carboxylic acids is 1. The van der Waals surface area contributed by atoms with Crippen LogP contribution in [0.15, 0.2) is 120 Å². The summed E-state index contributed by atoms with van der Waals surface area (Å²) in [5.41, 5.74) is 3.49. The molecule has 10 heteroatoms. The molecule has 1 heterocycles. The average molecular weight is 641 g/mol. The van der Waals surface area contributed by atoms with Crippen LogP contribution in [-0.4, -0.2) is 42.7 Å². The van der Waals surface area contributed by atoms with Crippen molar-refractivity contribution in [2.75, 3.05) is 23.2 Å². The van der Waals surface area contributed by atoms with Crippen molar-refractivity contribution >= 4 is 38.2 Å². The van der Waals surface area contributed by atoms with Crippen molar-refractivity contribution in [3.05, 3.63) is 127 Å². The molecule has 0 saturated heterocycles. The lowest BCUT2D eigenvalue weighted by Crippen LogP contribution is -2.42. The normalized spacial score (nSPS) is 12.6. The molecule has 1 amide bonds. The van der Waals surface area contributed by atoms with Crippen LogP contribution >= 0.6 is 0 Å². The van der Waals surface area contributed by atoms with E-state index in [0.29, 0.717) is 30.1 Å². The molecule has 5 rings (SSSR count). The maximum atomic E-state index is 12.7. The van der Waals surface area contributed by atoms with E-state index < -0.39 is 16.1 Å². The first-order chi connectivity index (χ1) is 22.1. The van der Waals surface area contributed by atoms with E-state index in [2.05, 4.69) is 33.8 Å². The van der Waals surface area contributed by atoms with Gasteiger partial charge in [0.1, 0.15) is 6.61 Å². The number of amides is 1. The number of carbonyl (C=O) groups is 1. The number of hydrogen-bond acceptors (Lipinski definition) is 6. The van der Waals surface area contributed by atoms with Crippen LogP contribution in [0.2, 0.25) is 0 Å². The van der Waals surface area contributed by atoms with Gasteiger partial charge in [0.05, 0.1) is 17.6 Å². The molecule has 4 aromatic carbocycles. The van der Waals surface area contributed by atoms with Crippen molar-refractivity contribution in [2.45, 2.75) is 50.0 Å². The molecule has 4 N–H and O–H groups in total. The van der Waals surface area contributed by atoms with Gasteiger partial charge in [-0.3, -0.25) is 9.52 Å². The SMILES string of the molecule is CC(C)(CCn1ccc2cc(NC(=O)COCc3ccccc3)ccc21)NCC(O)c1cccc(NS(=O)(=O)c2ccccc2)c1. The highest BCUT2D eigenvalue weighted by molar-refractivity contribution is 7.92. The van der Waals surface area contributed by atoms with Gasteiger partial charge in [-0.25, -0.2) is 8.42 Å². The zero-order valence-corrected chi connectivity index (χ0v) is 26.8. The molecule has 46 heavy (non-hydrogen) atoms. The lowest BCUT2D eigenvalue weighted by Gasteiger charge is -2.28. The van der Waals surface area contributed by atoms with Gasteiger partial charge in [-0.2, -0.15) is 0 Å². The first-order valence-corrected chi connectivity index (χ1v) is 16.7. The standard InChI is InChI=1S/C36H40N4O5S/c1-36(2,37-24-34(41)29-12-9-13-31(23-29)39-46(43,44)32-14-7-4-8-15-32)19-21-40-20-18-28-22-30(16-17-33(28)40)38-35(42)26-45-25-27-10-5-3-6-11-27/h3-18,20,22-23,34,37,39,41H,19,21,24-26H2,1-2H3,(H,38,42). The summed E-state index contributed by atoms with van der Waals surface area (Å²) in [6.07, 6.45) is 1.99. The van der Waals surface area contributed by atoms with Crippen molar-refractivity contribution < 1.29 is 23.1 Å². The Kier molecular flexibility index (Phi) is 10.5. The number of ether oxygens (including phenoxy) is 1. The van der Waals surface area contributed by atoms with Crippen molar-refractivity contribution in [2.24, 2.45) is 0 Å². The number of aliphatic hydroxyl groups is 1. The number of aryl methyl sites for hydroxylation is 1. The van der Waals surface area contributed by atoms with Gasteiger partial charge in [-0.1, -0.05) is 60.7 Å². The number of aromatic nitrogens is 1. The minimum atomic E-state index is -3.73. The highest BCUT2D eigenvalue weighted by atomic mass is 32.2. The predicted molar refractivity (Wildman–Crippen MR) is 182 cm³/mol. The molecule has 9 nitrogen and oxygen atoms in total. The molecule has 5 aromatic rings. The third kappa shape index (κ3) is 9.04. The topological polar surface area (TPSA) is 122 Å². The minimum Gasteiger partial charge on any atom is -0.387 e. The molecule has 0 aliphatic heterocycles. The van der Waals surface area contributed by atoms with E-state index in [-0.39, 0.29) is 22.9 Å². The van der Waals surface area contributed by atoms with Gasteiger partial charge in [0.25, 0.3) is 10.0 Å². The Bertz CT molecular complexity index is 1860. The fourth-order valence-corrected chi connectivity index (χ4v) is 6.18. The van der Waals surface area contributed by atoms with Crippen molar-refractivity contribution in [3.63, 3.8) is 0 Å². The Balaban J connectivity index is 1.10. The quantitative estimate of drug-likeness (QED) is 0.110. The third-order valence-corrected chi connectivity index (χ3v) is 9.13. The summed E-state index contributed by atoms with van der Waals surface area (Å²) in [5.74, 6) is -0.204. The molecule has 0 fully saturated rings. The molecular weight excluding hydrogens is 600 g/mol. The molecule has 1 atom stereocenters. The molecule has 240 valence electrons. The molecule has 0 bridgehead atoms. The average Bonchev–Trinajstić information content (AvgIpc) is 3.46. The number of hydrogen-bond donors (Lipinski definition) is 4. The zero-order chi connectivity index (χ0) is 32.6. The van der Waals surface area contributed by atoms with E-state index in [1.165, 1.54) is 12.1 Å². The van der Waals surface area contributed by atoms with Crippen LogP contribution in [0.4, 0.5) is 11.4 Å². The van der Waals surface area contributed by atoms with Crippen LogP contribution in [0.25, 0.3) is 10.9 Å². The summed E-state index contributed by atoms with van der Waals surface area (Å²) < 4.78 is 35.7. The maximum absolute atomic E-state index is 12.7. The third-order valence-electron chi connectivity index (χ3n) is 7.73. The second-order valence-corrected chi connectivity index (χ2v) is 13.6. The van der Waals surface area contributed by atoms with Crippen LogP contribution < -0.4 is 15.4 Å². The predicted octanol–water partition coefficient (Wildman–Crippen LogP) is 6.09. The minimum absolute atomic E-state index is 0.0246. The second kappa shape index (κ2) is 14.7. The van der Waals surface area contributed by atoms with Crippen LogP contribution in [0.3, 0.4) is 0 Å². The largest absolute Gasteiger partial charge is 0.387 e. The Morgan fingerprint density at radius 2 is 1.63 bits per heavy atom. The summed E-state index contributed by atoms with van der Waals surface area (Å²) in [7, 11) is -3.73. The summed E-state index contributed by atoms with van der Waals surface area (Å²) in [4.78, 5) is 12.6. The van der Waals surface area contributed by atoms with Gasteiger partial charge in [0.15, 0.2) is 0 Å². The zero-order valence-electron chi connectivity index (χ0n) is 26.0. The second-order valence-electron chi connectivity index (χ2n) is 11.9. The molecule has 1 unspecified atom stereocenters. The van der Waals surface area contributed by atoms with Crippen LogP contribution in [0.1, 0.15) is 37.5 Å². The summed E-state index contributed by atoms with van der Waals surface area (Å²) in [6.45, 7) is 5.57. The first kappa shape index (κ1) is 32.9. The van der Waals surface area contributed by atoms with Crippen molar-refractivity contribution in [1.82, 2.24) is 9.88 Å². The van der Waals surface area contributed by atoms with Gasteiger partial charge < -0.3 is 25.0 Å². The molecule has 0 aliphatic carbocycles. The molecule has 0 aliphatic rings. The Morgan fingerprint density at radius 3 is 2.39 bits per heavy atom. The van der Waals surface area contributed by atoms with E-state index in [9.17, 15) is 18.3 Å². The van der Waals surface area contributed by atoms with Gasteiger partial charge >= 0.3 is 0 Å². The summed E-state index contributed by atoms with van der Waals surface area (Å²) in [6, 6.07) is 32.6. The lowest BCUT2D eigenvalue weighted by atomic mass is 9.99. The van der Waals surface area contributed by atoms with Gasteiger partial charge in [0.2, 0.25) is 5.91 Å². The molecular formula is C36H40N4O5S. The fourth-order valence-electron chi connectivity index (χ4n) is 5.11. The highest BCUT2D eigenvalue weighted by Gasteiger charge is 2.20. The Hall–Kier alpha value is -4.48. The summed E-state index contributed by atoms with van der Waals surface area (Å²) >= 11 is 0.